The van der Waals surface area contributed by atoms with E-state index < -0.39 is 0 Å². The third-order valence-electron chi connectivity index (χ3n) is 16.6. The molecule has 0 N–H and O–H groups in total. The molecule has 0 amide bonds. The van der Waals surface area contributed by atoms with Crippen LogP contribution in [-0.4, -0.2) is 13.4 Å². The third kappa shape index (κ3) is 8.22. The van der Waals surface area contributed by atoms with Crippen molar-refractivity contribution in [2.75, 3.05) is 19.6 Å². The quantitative estimate of drug-likeness (QED) is 0.0948. The van der Waals surface area contributed by atoms with Gasteiger partial charge < -0.3 is 29.1 Å². The molecule has 0 aromatic heterocycles. The van der Waals surface area contributed by atoms with Crippen molar-refractivity contribution in [2.24, 2.45) is 0 Å². The Labute approximate surface area is 488 Å². The Kier molecular flexibility index (Phi) is 12.1. The Morgan fingerprint density at radius 3 is 1.20 bits per heavy atom. The maximum absolute atomic E-state index is 7.47. The molecule has 0 unspecified atom stereocenters. The summed E-state index contributed by atoms with van der Waals surface area (Å²) in [5, 5.41) is 0. The molecule has 0 radical (unpaired) electrons. The van der Waals surface area contributed by atoms with Gasteiger partial charge in [0.25, 0.3) is 13.4 Å². The number of anilines is 12. The highest BCUT2D eigenvalue weighted by atomic mass is 127. The van der Waals surface area contributed by atoms with E-state index in [4.69, 9.17) is 9.47 Å². The van der Waals surface area contributed by atoms with Crippen molar-refractivity contribution < 1.29 is 9.47 Å². The van der Waals surface area contributed by atoms with Crippen molar-refractivity contribution >= 4 is 137 Å². The summed E-state index contributed by atoms with van der Waals surface area (Å²) in [7, 11) is 0. The van der Waals surface area contributed by atoms with Crippen LogP contribution in [-0.2, 0) is 6.42 Å². The second-order valence-corrected chi connectivity index (χ2v) is 22.9. The van der Waals surface area contributed by atoms with Crippen LogP contribution in [0.2, 0.25) is 0 Å². The van der Waals surface area contributed by atoms with Crippen molar-refractivity contribution in [3.05, 3.63) is 263 Å². The van der Waals surface area contributed by atoms with Crippen LogP contribution < -0.4 is 61.9 Å². The maximum Gasteiger partial charge on any atom is 0.257 e. The lowest BCUT2D eigenvalue weighted by atomic mass is 9.30. The van der Waals surface area contributed by atoms with E-state index >= 15 is 0 Å². The first-order valence-corrected chi connectivity index (χ1v) is 29.3. The lowest BCUT2D eigenvalue weighted by molar-refractivity contribution is 0.486. The van der Waals surface area contributed by atoms with Gasteiger partial charge in [-0.05, 0) is 208 Å². The molecule has 81 heavy (non-hydrogen) atoms. The summed E-state index contributed by atoms with van der Waals surface area (Å²) in [4.78, 5) is 9.75. The van der Waals surface area contributed by atoms with Crippen molar-refractivity contribution in [3.8, 4) is 23.0 Å². The number of halogens is 1. The van der Waals surface area contributed by atoms with Crippen LogP contribution in [0.15, 0.2) is 243 Å². The minimum absolute atomic E-state index is 0.155. The number of fused-ring (bicyclic) bond motifs is 8. The van der Waals surface area contributed by atoms with Gasteiger partial charge in [-0.1, -0.05) is 135 Å². The van der Waals surface area contributed by atoms with E-state index in [9.17, 15) is 0 Å². The van der Waals surface area contributed by atoms with E-state index in [0.29, 0.717) is 0 Å². The topological polar surface area (TPSA) is 31.4 Å². The number of hydrogen-bond donors (Lipinski definition) is 0. The lowest BCUT2D eigenvalue weighted by Gasteiger charge is -2.45. The number of nitrogens with zero attached hydrogens (tertiary/aromatic N) is 4. The molecular formula is C72H55B2IN4O2. The second-order valence-electron chi connectivity index (χ2n) is 21.7. The Bertz CT molecular complexity index is 4150. The molecule has 9 heteroatoms. The molecule has 4 aliphatic heterocycles. The zero-order valence-electron chi connectivity index (χ0n) is 45.4. The van der Waals surface area contributed by atoms with E-state index in [1.807, 2.05) is 0 Å². The first-order valence-electron chi connectivity index (χ1n) is 28.2. The van der Waals surface area contributed by atoms with Crippen LogP contribution >= 0.6 is 22.6 Å². The maximum atomic E-state index is 7.47. The summed E-state index contributed by atoms with van der Waals surface area (Å²) in [6.07, 6.45) is 3.12. The molecule has 15 rings (SSSR count). The molecule has 0 aliphatic carbocycles. The summed E-state index contributed by atoms with van der Waals surface area (Å²) in [5.41, 5.74) is 23.8. The van der Waals surface area contributed by atoms with Crippen LogP contribution in [0.4, 0.5) is 68.2 Å². The van der Waals surface area contributed by atoms with Gasteiger partial charge in [0.2, 0.25) is 0 Å². The standard InChI is InChI=1S/C72H55B2IN4O2/c1-4-5-24-49-37-47(2)39-65-69(49)73-58-45-59-62(46-61(58)78(54-33-20-10-21-34-54)63-41-56(43-67(80-65)71(63)73)76(50-25-12-6-13-26-50)51-27-14-7-15-28-51)79(55-35-22-11-23-36-55)64-42-57(77(52-29-16-8-17-30-52)53-31-18-9-19-32-53)44-68-72(64)74(59)70-60(75)38-48(3)40-66(70)81-68/h6-23,25-46H,4-5,24H2,1-3H3. The van der Waals surface area contributed by atoms with Gasteiger partial charge in [0.05, 0.1) is 11.4 Å². The molecule has 4 heterocycles. The van der Waals surface area contributed by atoms with Crippen molar-refractivity contribution in [1.82, 2.24) is 0 Å². The minimum Gasteiger partial charge on any atom is -0.458 e. The SMILES string of the molecule is CCCCc1cc(C)cc2c1B1c3cc4c(cc3N(c3ccccc3)c3cc(N(c5ccccc5)c5ccccc5)cc(c31)O2)N(c1ccccc1)c1cc(N(c2ccccc2)c2ccccc2)cc2c1B4c1c(I)cc(C)cc1O2. The minimum atomic E-state index is -0.168. The highest BCUT2D eigenvalue weighted by Gasteiger charge is 2.49. The van der Waals surface area contributed by atoms with Crippen LogP contribution in [0.25, 0.3) is 0 Å². The molecule has 0 fully saturated rings. The van der Waals surface area contributed by atoms with Crippen molar-refractivity contribution in [3.63, 3.8) is 0 Å². The van der Waals surface area contributed by atoms with E-state index in [0.717, 1.165) is 122 Å². The molecular weight excluding hydrogens is 1100 g/mol. The molecule has 0 spiro atoms. The van der Waals surface area contributed by atoms with Gasteiger partial charge in [-0.3, -0.25) is 0 Å². The molecule has 0 bridgehead atoms. The average Bonchev–Trinajstić information content (AvgIpc) is 3.26. The number of hydrogen-bond acceptors (Lipinski definition) is 6. The fourth-order valence-corrected chi connectivity index (χ4v) is 14.3. The normalized spacial score (nSPS) is 12.9. The van der Waals surface area contributed by atoms with Gasteiger partial charge in [0.1, 0.15) is 23.0 Å². The van der Waals surface area contributed by atoms with E-state index in [1.54, 1.807) is 0 Å². The smallest absolute Gasteiger partial charge is 0.257 e. The molecule has 0 atom stereocenters. The predicted molar refractivity (Wildman–Crippen MR) is 348 cm³/mol. The molecule has 6 nitrogen and oxygen atoms in total. The highest BCUT2D eigenvalue weighted by molar-refractivity contribution is 14.1. The number of ether oxygens (including phenoxy) is 2. The third-order valence-corrected chi connectivity index (χ3v) is 17.5. The zero-order chi connectivity index (χ0) is 54.3. The van der Waals surface area contributed by atoms with E-state index in [1.165, 1.54) is 42.0 Å². The van der Waals surface area contributed by atoms with Crippen molar-refractivity contribution in [1.29, 1.82) is 0 Å². The number of unbranched alkanes of at least 4 members (excludes halogenated alkanes) is 1. The Balaban J connectivity index is 1.06. The summed E-state index contributed by atoms with van der Waals surface area (Å²) in [6, 6.07) is 88.5. The molecule has 0 saturated carbocycles. The zero-order valence-corrected chi connectivity index (χ0v) is 47.5. The molecule has 4 aliphatic rings. The molecule has 0 saturated heterocycles. The van der Waals surface area contributed by atoms with Crippen LogP contribution in [0, 0.1) is 17.4 Å². The fraction of sp³-hybridized carbons (Fsp3) is 0.0833. The summed E-state index contributed by atoms with van der Waals surface area (Å²) >= 11 is 2.58. The Hall–Kier alpha value is -8.92. The monoisotopic (exact) mass is 1160 g/mol. The van der Waals surface area contributed by atoms with E-state index in [-0.39, 0.29) is 13.4 Å². The van der Waals surface area contributed by atoms with E-state index in [2.05, 4.69) is 306 Å². The van der Waals surface area contributed by atoms with Gasteiger partial charge in [-0.25, -0.2) is 0 Å². The lowest BCUT2D eigenvalue weighted by Crippen LogP contribution is -2.64. The second kappa shape index (κ2) is 20.0. The van der Waals surface area contributed by atoms with Gasteiger partial charge in [0.15, 0.2) is 0 Å². The highest BCUT2D eigenvalue weighted by Crippen LogP contribution is 2.50. The van der Waals surface area contributed by atoms with Crippen molar-refractivity contribution in [2.45, 2.75) is 40.0 Å². The van der Waals surface area contributed by atoms with Crippen LogP contribution in [0.3, 0.4) is 0 Å². The molecule has 388 valence electrons. The fourth-order valence-electron chi connectivity index (χ4n) is 13.3. The average molecular weight is 1160 g/mol. The predicted octanol–water partition coefficient (Wildman–Crippen LogP) is 16.0. The Morgan fingerprint density at radius 2 is 0.765 bits per heavy atom. The van der Waals surface area contributed by atoms with Gasteiger partial charge in [-0.15, -0.1) is 0 Å². The van der Waals surface area contributed by atoms with Gasteiger partial charge in [0, 0.05) is 72.6 Å². The summed E-state index contributed by atoms with van der Waals surface area (Å²) in [6.45, 7) is 6.36. The van der Waals surface area contributed by atoms with Crippen LogP contribution in [0.1, 0.15) is 36.5 Å². The van der Waals surface area contributed by atoms with Gasteiger partial charge in [-0.2, -0.15) is 0 Å². The molecule has 11 aromatic carbocycles. The Morgan fingerprint density at radius 1 is 0.383 bits per heavy atom. The first-order chi connectivity index (χ1) is 39.9. The number of benzene rings is 11. The largest absolute Gasteiger partial charge is 0.458 e. The number of rotatable bonds is 11. The number of aryl methyl sites for hydroxylation is 3. The molecule has 11 aromatic rings. The first kappa shape index (κ1) is 49.1. The van der Waals surface area contributed by atoms with Crippen LogP contribution in [0.5, 0.6) is 23.0 Å². The van der Waals surface area contributed by atoms with Gasteiger partial charge >= 0.3 is 0 Å². The number of para-hydroxylation sites is 6. The summed E-state index contributed by atoms with van der Waals surface area (Å²) in [5.74, 6) is 3.54. The summed E-state index contributed by atoms with van der Waals surface area (Å²) < 4.78 is 16.0.